The number of hydrogen-bond donors (Lipinski definition) is 0. The van der Waals surface area contributed by atoms with E-state index in [1.807, 2.05) is 0 Å². The average molecular weight is 186 g/mol. The summed E-state index contributed by atoms with van der Waals surface area (Å²) < 4.78 is 14.2. The number of unbranched alkanes of at least 4 members (excludes halogenated alkanes) is 1. The van der Waals surface area contributed by atoms with Crippen molar-refractivity contribution in [1.29, 1.82) is 0 Å². The zero-order chi connectivity index (χ0) is 5.54. The van der Waals surface area contributed by atoms with E-state index in [2.05, 4.69) is 11.4 Å². The van der Waals surface area contributed by atoms with E-state index in [0.29, 0.717) is 6.61 Å². The van der Waals surface area contributed by atoms with E-state index in [1.54, 1.807) is 0 Å². The van der Waals surface area contributed by atoms with Crippen LogP contribution in [0.1, 0.15) is 19.8 Å². The summed E-state index contributed by atoms with van der Waals surface area (Å²) in [6.45, 7) is 2.70. The molecule has 0 spiro atoms. The zero-order valence-corrected chi connectivity index (χ0v) is 9.11. The van der Waals surface area contributed by atoms with Gasteiger partial charge in [0.2, 0.25) is 0 Å². The Morgan fingerprint density at radius 3 is 2.62 bits per heavy atom. The molecule has 2 nitrogen and oxygen atoms in total. The van der Waals surface area contributed by atoms with Crippen molar-refractivity contribution in [1.82, 2.24) is 0 Å². The molecule has 0 aromatic carbocycles. The maximum Gasteiger partial charge on any atom is 0.494 e. The van der Waals surface area contributed by atoms with Gasteiger partial charge in [0.05, 0.1) is 0 Å². The van der Waals surface area contributed by atoms with Gasteiger partial charge in [-0.25, -0.2) is 0 Å². The third-order valence-electron chi connectivity index (χ3n) is 0.659. The van der Waals surface area contributed by atoms with Gasteiger partial charge in [-0.3, -0.25) is 0 Å². The predicted octanol–water partition coefficient (Wildman–Crippen LogP) is 1.74. The Hall–Kier alpha value is 0.683. The molecule has 0 aromatic rings. The Labute approximate surface area is 64.0 Å². The monoisotopic (exact) mass is 185 g/mol. The van der Waals surface area contributed by atoms with E-state index in [-0.39, 0.29) is 19.5 Å². The van der Waals surface area contributed by atoms with Crippen LogP contribution in [-0.2, 0) is 28.6 Å². The molecule has 0 radical (unpaired) electrons. The SMILES string of the molecule is CCCCO[PH+]=O.[Zn]. The van der Waals surface area contributed by atoms with Crippen LogP contribution in [0.4, 0.5) is 0 Å². The predicted molar refractivity (Wildman–Crippen MR) is 29.9 cm³/mol. The van der Waals surface area contributed by atoms with Crippen LogP contribution in [-0.4, -0.2) is 6.61 Å². The zero-order valence-electron chi connectivity index (χ0n) is 5.14. The first-order chi connectivity index (χ1) is 3.41. The molecule has 44 valence electrons. The van der Waals surface area contributed by atoms with Crippen molar-refractivity contribution >= 4 is 8.69 Å². The second-order valence-corrected chi connectivity index (χ2v) is 1.74. The third kappa shape index (κ3) is 9.84. The van der Waals surface area contributed by atoms with Gasteiger partial charge in [-0.05, 0) is 11.0 Å². The molecule has 0 aliphatic heterocycles. The Morgan fingerprint density at radius 1 is 1.62 bits per heavy atom. The van der Waals surface area contributed by atoms with Gasteiger partial charge in [0.1, 0.15) is 6.61 Å². The molecule has 1 atom stereocenters. The van der Waals surface area contributed by atoms with Gasteiger partial charge in [-0.2, -0.15) is 0 Å². The molecule has 8 heavy (non-hydrogen) atoms. The fraction of sp³-hybridized carbons (Fsp3) is 1.00. The third-order valence-corrected chi connectivity index (χ3v) is 0.981. The molecular formula is C4H10O2PZn+. The van der Waals surface area contributed by atoms with Crippen LogP contribution in [0.15, 0.2) is 0 Å². The molecule has 0 aromatic heterocycles. The topological polar surface area (TPSA) is 26.3 Å². The smallest absolute Gasteiger partial charge is 0.148 e. The summed E-state index contributed by atoms with van der Waals surface area (Å²) in [5.41, 5.74) is 0. The van der Waals surface area contributed by atoms with Crippen LogP contribution in [0.3, 0.4) is 0 Å². The van der Waals surface area contributed by atoms with E-state index in [1.165, 1.54) is 0 Å². The van der Waals surface area contributed by atoms with Crippen LogP contribution >= 0.6 is 8.69 Å². The van der Waals surface area contributed by atoms with Crippen molar-refractivity contribution in [3.8, 4) is 0 Å². The molecule has 0 rings (SSSR count). The molecule has 0 amide bonds. The van der Waals surface area contributed by atoms with Crippen molar-refractivity contribution in [2.45, 2.75) is 19.8 Å². The molecule has 4 heteroatoms. The van der Waals surface area contributed by atoms with Crippen molar-refractivity contribution < 1.29 is 28.6 Å². The van der Waals surface area contributed by atoms with Gasteiger partial charge in [0.25, 0.3) is 0 Å². The fourth-order valence-electron chi connectivity index (χ4n) is 0.258. The second kappa shape index (κ2) is 10.6. The molecular weight excluding hydrogens is 176 g/mol. The van der Waals surface area contributed by atoms with Gasteiger partial charge in [0.15, 0.2) is 0 Å². The number of hydrogen-bond acceptors (Lipinski definition) is 2. The van der Waals surface area contributed by atoms with Crippen molar-refractivity contribution in [2.24, 2.45) is 0 Å². The minimum atomic E-state index is -0.582. The van der Waals surface area contributed by atoms with Gasteiger partial charge in [-0.15, -0.1) is 4.52 Å². The largest absolute Gasteiger partial charge is 0.494 e. The van der Waals surface area contributed by atoms with E-state index in [9.17, 15) is 4.57 Å². The minimum Gasteiger partial charge on any atom is -0.148 e. The Kier molecular flexibility index (Phi) is 15.2. The Bertz CT molecular complexity index is 51.3. The first-order valence-electron chi connectivity index (χ1n) is 2.40. The van der Waals surface area contributed by atoms with Crippen LogP contribution in [0.2, 0.25) is 0 Å². The van der Waals surface area contributed by atoms with Crippen molar-refractivity contribution in [2.75, 3.05) is 6.61 Å². The standard InChI is InChI=1S/C4H10O2P.Zn/c1-2-3-4-6-7-5;/h7H,2-4H2,1H3;/q+1;. The van der Waals surface area contributed by atoms with Crippen LogP contribution in [0.25, 0.3) is 0 Å². The fourth-order valence-corrected chi connectivity index (χ4v) is 0.486. The van der Waals surface area contributed by atoms with E-state index < -0.39 is 8.69 Å². The molecule has 0 bridgehead atoms. The summed E-state index contributed by atoms with van der Waals surface area (Å²) in [4.78, 5) is 0. The second-order valence-electron chi connectivity index (χ2n) is 1.29. The molecule has 0 aliphatic rings. The van der Waals surface area contributed by atoms with Gasteiger partial charge < -0.3 is 0 Å². The molecule has 0 fully saturated rings. The first kappa shape index (κ1) is 11.5. The summed E-state index contributed by atoms with van der Waals surface area (Å²) >= 11 is 0. The van der Waals surface area contributed by atoms with Crippen molar-refractivity contribution in [3.63, 3.8) is 0 Å². The average Bonchev–Trinajstić information content (AvgIpc) is 1.69. The molecule has 0 saturated heterocycles. The van der Waals surface area contributed by atoms with Gasteiger partial charge >= 0.3 is 8.69 Å². The first-order valence-corrected chi connectivity index (χ1v) is 3.22. The van der Waals surface area contributed by atoms with E-state index in [4.69, 9.17) is 0 Å². The Balaban J connectivity index is 0. The summed E-state index contributed by atoms with van der Waals surface area (Å²) in [5, 5.41) is 0. The maximum atomic E-state index is 9.61. The van der Waals surface area contributed by atoms with Gasteiger partial charge in [-0.1, -0.05) is 13.3 Å². The van der Waals surface area contributed by atoms with Crippen LogP contribution in [0, 0.1) is 0 Å². The molecule has 0 saturated carbocycles. The maximum absolute atomic E-state index is 9.61. The van der Waals surface area contributed by atoms with Crippen molar-refractivity contribution in [3.05, 3.63) is 0 Å². The van der Waals surface area contributed by atoms with Gasteiger partial charge in [0, 0.05) is 19.5 Å². The van der Waals surface area contributed by atoms with E-state index >= 15 is 0 Å². The summed E-state index contributed by atoms with van der Waals surface area (Å²) in [7, 11) is -0.582. The number of rotatable bonds is 4. The van der Waals surface area contributed by atoms with Crippen LogP contribution < -0.4 is 0 Å². The molecule has 0 N–H and O–H groups in total. The quantitative estimate of drug-likeness (QED) is 0.380. The molecule has 0 aliphatic carbocycles. The normalized spacial score (nSPS) is 8.62. The molecule has 0 heterocycles. The summed E-state index contributed by atoms with van der Waals surface area (Å²) in [6, 6.07) is 0. The summed E-state index contributed by atoms with van der Waals surface area (Å²) in [6.07, 6.45) is 2.11. The minimum absolute atomic E-state index is 0. The summed E-state index contributed by atoms with van der Waals surface area (Å²) in [5.74, 6) is 0. The van der Waals surface area contributed by atoms with Crippen LogP contribution in [0.5, 0.6) is 0 Å². The molecule has 1 unspecified atom stereocenters. The van der Waals surface area contributed by atoms with E-state index in [0.717, 1.165) is 12.8 Å². The Morgan fingerprint density at radius 2 is 2.25 bits per heavy atom.